The summed E-state index contributed by atoms with van der Waals surface area (Å²) in [6, 6.07) is 7.13. The summed E-state index contributed by atoms with van der Waals surface area (Å²) < 4.78 is 1.54. The van der Waals surface area contributed by atoms with E-state index in [0.29, 0.717) is 5.52 Å². The predicted octanol–water partition coefficient (Wildman–Crippen LogP) is 0.912. The van der Waals surface area contributed by atoms with E-state index in [1.165, 1.54) is 4.40 Å². The van der Waals surface area contributed by atoms with Crippen molar-refractivity contribution in [3.05, 3.63) is 30.2 Å². The second-order valence-electron chi connectivity index (χ2n) is 2.33. The van der Waals surface area contributed by atoms with Crippen LogP contribution in [0.3, 0.4) is 0 Å². The molecule has 0 saturated carbocycles. The number of nitriles is 1. The molecule has 0 amide bonds. The van der Waals surface area contributed by atoms with E-state index in [1.807, 2.05) is 6.07 Å². The molecule has 2 rings (SSSR count). The highest BCUT2D eigenvalue weighted by atomic mass is 16.3. The van der Waals surface area contributed by atoms with Crippen LogP contribution in [0.25, 0.3) is 5.52 Å². The molecule has 0 radical (unpaired) electrons. The van der Waals surface area contributed by atoms with Gasteiger partial charge >= 0.3 is 0 Å². The monoisotopic (exact) mass is 159 g/mol. The largest absolute Gasteiger partial charge is 0.492 e. The van der Waals surface area contributed by atoms with Crippen molar-refractivity contribution in [3.63, 3.8) is 0 Å². The molecule has 0 aliphatic rings. The number of nitrogens with zero attached hydrogens (tertiary/aromatic N) is 3. The molecule has 4 heteroatoms. The van der Waals surface area contributed by atoms with Crippen LogP contribution in [0.1, 0.15) is 5.82 Å². The molecule has 58 valence electrons. The molecule has 0 spiro atoms. The van der Waals surface area contributed by atoms with Crippen molar-refractivity contribution in [2.24, 2.45) is 0 Å². The smallest absolute Gasteiger partial charge is 0.238 e. The number of imidazole rings is 1. The van der Waals surface area contributed by atoms with Crippen LogP contribution in [0.5, 0.6) is 5.88 Å². The first-order chi connectivity index (χ1) is 5.83. The Balaban J connectivity index is 2.94. The van der Waals surface area contributed by atoms with E-state index in [2.05, 4.69) is 4.98 Å². The number of hydrogen-bond acceptors (Lipinski definition) is 3. The molecule has 1 N–H and O–H groups in total. The van der Waals surface area contributed by atoms with Gasteiger partial charge in [0.05, 0.1) is 0 Å². The van der Waals surface area contributed by atoms with Crippen molar-refractivity contribution in [2.45, 2.75) is 0 Å². The average molecular weight is 159 g/mol. The number of fused-ring (bicyclic) bond motifs is 1. The number of pyridine rings is 1. The molecule has 2 aromatic rings. The van der Waals surface area contributed by atoms with Crippen LogP contribution in [0.2, 0.25) is 0 Å². The van der Waals surface area contributed by atoms with Gasteiger partial charge in [-0.15, -0.1) is 0 Å². The van der Waals surface area contributed by atoms with Gasteiger partial charge in [0.15, 0.2) is 0 Å². The second-order valence-corrected chi connectivity index (χ2v) is 2.33. The normalized spacial score (nSPS) is 9.92. The van der Waals surface area contributed by atoms with Gasteiger partial charge in [0.25, 0.3) is 0 Å². The van der Waals surface area contributed by atoms with E-state index in [0.717, 1.165) is 0 Å². The van der Waals surface area contributed by atoms with Gasteiger partial charge in [-0.25, -0.2) is 0 Å². The van der Waals surface area contributed by atoms with Crippen molar-refractivity contribution in [2.75, 3.05) is 0 Å². The zero-order valence-corrected chi connectivity index (χ0v) is 6.10. The molecular formula is C8H5N3O. The zero-order chi connectivity index (χ0) is 8.55. The van der Waals surface area contributed by atoms with Crippen LogP contribution in [-0.4, -0.2) is 14.5 Å². The standard InChI is InChI=1S/C8H5N3O/c9-5-7-10-8(12)6-3-1-2-4-11(6)7/h1-4,12H. The molecule has 0 atom stereocenters. The first-order valence-electron chi connectivity index (χ1n) is 3.39. The third-order valence-electron chi connectivity index (χ3n) is 1.63. The van der Waals surface area contributed by atoms with Gasteiger partial charge in [0, 0.05) is 6.20 Å². The van der Waals surface area contributed by atoms with Gasteiger partial charge in [0.1, 0.15) is 11.6 Å². The van der Waals surface area contributed by atoms with Crippen molar-refractivity contribution in [1.29, 1.82) is 5.26 Å². The molecule has 0 aliphatic carbocycles. The van der Waals surface area contributed by atoms with Crippen LogP contribution in [0.4, 0.5) is 0 Å². The van der Waals surface area contributed by atoms with Crippen LogP contribution >= 0.6 is 0 Å². The second kappa shape index (κ2) is 2.24. The maximum Gasteiger partial charge on any atom is 0.238 e. The van der Waals surface area contributed by atoms with Gasteiger partial charge < -0.3 is 5.11 Å². The fourth-order valence-electron chi connectivity index (χ4n) is 1.10. The molecular weight excluding hydrogens is 154 g/mol. The summed E-state index contributed by atoms with van der Waals surface area (Å²) in [4.78, 5) is 3.67. The average Bonchev–Trinajstić information content (AvgIpc) is 2.44. The summed E-state index contributed by atoms with van der Waals surface area (Å²) in [5, 5.41) is 17.8. The highest BCUT2D eigenvalue weighted by molar-refractivity contribution is 5.58. The van der Waals surface area contributed by atoms with Crippen LogP contribution in [0, 0.1) is 11.3 Å². The van der Waals surface area contributed by atoms with Crippen molar-refractivity contribution in [3.8, 4) is 11.9 Å². The lowest BCUT2D eigenvalue weighted by Gasteiger charge is -1.90. The minimum atomic E-state index is -0.104. The summed E-state index contributed by atoms with van der Waals surface area (Å²) >= 11 is 0. The lowest BCUT2D eigenvalue weighted by atomic mass is 10.4. The van der Waals surface area contributed by atoms with Crippen molar-refractivity contribution < 1.29 is 5.11 Å². The van der Waals surface area contributed by atoms with Gasteiger partial charge in [0.2, 0.25) is 11.7 Å². The Labute approximate surface area is 68.3 Å². The van der Waals surface area contributed by atoms with E-state index >= 15 is 0 Å². The number of aromatic hydroxyl groups is 1. The molecule has 0 saturated heterocycles. The minimum Gasteiger partial charge on any atom is -0.492 e. The third kappa shape index (κ3) is 0.736. The molecule has 0 aliphatic heterocycles. The lowest BCUT2D eigenvalue weighted by Crippen LogP contribution is -1.86. The van der Waals surface area contributed by atoms with Crippen LogP contribution < -0.4 is 0 Å². The van der Waals surface area contributed by atoms with E-state index in [9.17, 15) is 5.11 Å². The molecule has 0 aromatic carbocycles. The Morgan fingerprint density at radius 3 is 3.08 bits per heavy atom. The number of hydrogen-bond donors (Lipinski definition) is 1. The van der Waals surface area contributed by atoms with Crippen molar-refractivity contribution in [1.82, 2.24) is 9.38 Å². The first kappa shape index (κ1) is 6.68. The molecule has 0 unspecified atom stereocenters. The zero-order valence-electron chi connectivity index (χ0n) is 6.10. The van der Waals surface area contributed by atoms with Gasteiger partial charge in [-0.05, 0) is 12.1 Å². The Bertz CT molecular complexity index is 467. The van der Waals surface area contributed by atoms with Crippen molar-refractivity contribution >= 4 is 5.52 Å². The summed E-state index contributed by atoms with van der Waals surface area (Å²) in [5.41, 5.74) is 0.550. The highest BCUT2D eigenvalue weighted by Crippen LogP contribution is 2.17. The minimum absolute atomic E-state index is 0.104. The van der Waals surface area contributed by atoms with Crippen LogP contribution in [0.15, 0.2) is 24.4 Å². The third-order valence-corrected chi connectivity index (χ3v) is 1.63. The van der Waals surface area contributed by atoms with Crippen LogP contribution in [-0.2, 0) is 0 Å². The molecule has 0 bridgehead atoms. The summed E-state index contributed by atoms with van der Waals surface area (Å²) in [5.74, 6) is 0.0928. The summed E-state index contributed by atoms with van der Waals surface area (Å²) in [7, 11) is 0. The van der Waals surface area contributed by atoms with E-state index < -0.39 is 0 Å². The van der Waals surface area contributed by atoms with E-state index in [1.54, 1.807) is 24.4 Å². The molecule has 12 heavy (non-hydrogen) atoms. The maximum atomic E-state index is 9.24. The van der Waals surface area contributed by atoms with Gasteiger partial charge in [-0.2, -0.15) is 10.2 Å². The number of rotatable bonds is 0. The summed E-state index contributed by atoms with van der Waals surface area (Å²) in [6.07, 6.45) is 1.68. The lowest BCUT2D eigenvalue weighted by molar-refractivity contribution is 0.462. The number of aromatic nitrogens is 2. The molecule has 2 heterocycles. The fourth-order valence-corrected chi connectivity index (χ4v) is 1.10. The topological polar surface area (TPSA) is 61.3 Å². The van der Waals surface area contributed by atoms with Gasteiger partial charge in [-0.3, -0.25) is 4.40 Å². The molecule has 4 nitrogen and oxygen atoms in total. The quantitative estimate of drug-likeness (QED) is 0.621. The Kier molecular flexibility index (Phi) is 1.25. The summed E-state index contributed by atoms with van der Waals surface area (Å²) in [6.45, 7) is 0. The predicted molar refractivity (Wildman–Crippen MR) is 41.6 cm³/mol. The SMILES string of the molecule is N#Cc1nc(O)c2ccccn12. The fraction of sp³-hybridized carbons (Fsp3) is 0. The van der Waals surface area contributed by atoms with E-state index in [-0.39, 0.29) is 11.7 Å². The Hall–Kier alpha value is -2.02. The Morgan fingerprint density at radius 1 is 1.50 bits per heavy atom. The highest BCUT2D eigenvalue weighted by Gasteiger charge is 2.06. The maximum absolute atomic E-state index is 9.24. The molecule has 0 fully saturated rings. The van der Waals surface area contributed by atoms with Gasteiger partial charge in [-0.1, -0.05) is 6.07 Å². The Morgan fingerprint density at radius 2 is 2.33 bits per heavy atom. The van der Waals surface area contributed by atoms with E-state index in [4.69, 9.17) is 5.26 Å². The molecule has 2 aromatic heterocycles. The first-order valence-corrected chi connectivity index (χ1v) is 3.39.